The largest absolute Gasteiger partial charge is 0.464 e. The molecule has 3 rings (SSSR count). The van der Waals surface area contributed by atoms with E-state index >= 15 is 0 Å². The summed E-state index contributed by atoms with van der Waals surface area (Å²) in [6, 6.07) is 5.60. The van der Waals surface area contributed by atoms with E-state index in [1.165, 1.54) is 10.8 Å². The summed E-state index contributed by atoms with van der Waals surface area (Å²) in [6.45, 7) is 9.91. The van der Waals surface area contributed by atoms with Crippen LogP contribution in [0.5, 0.6) is 0 Å². The molecule has 2 aromatic heterocycles. The van der Waals surface area contributed by atoms with E-state index in [4.69, 9.17) is 19.9 Å². The zero-order valence-electron chi connectivity index (χ0n) is 21.1. The maximum atomic E-state index is 12.8. The molecule has 11 nitrogen and oxygen atoms in total. The van der Waals surface area contributed by atoms with Gasteiger partial charge in [-0.25, -0.2) is 9.50 Å². The van der Waals surface area contributed by atoms with Gasteiger partial charge in [-0.2, -0.15) is 10.4 Å². The first-order valence-corrected chi connectivity index (χ1v) is 12.6. The average Bonchev–Trinajstić information content (AvgIpc) is 3.38. The van der Waals surface area contributed by atoms with Crippen LogP contribution in [0, 0.1) is 29.1 Å². The molecule has 36 heavy (non-hydrogen) atoms. The van der Waals surface area contributed by atoms with Gasteiger partial charge >= 0.3 is 17.9 Å². The summed E-state index contributed by atoms with van der Waals surface area (Å²) >= 11 is 1.10. The monoisotopic (exact) mass is 517 g/mol. The minimum Gasteiger partial charge on any atom is -0.464 e. The number of carbonyl (C=O) groups excluding carboxylic acids is 3. The Labute approximate surface area is 213 Å². The van der Waals surface area contributed by atoms with Gasteiger partial charge in [0.1, 0.15) is 18.5 Å². The SMILES string of the molecule is CC(C)C(=O)OC[C@H]1S[C@@](C#N)(c2ccc3c(N)ncnn23)C(OC(=O)C(C)C)C1OC(=O)C(C)C. The van der Waals surface area contributed by atoms with Crippen molar-refractivity contribution in [1.82, 2.24) is 14.6 Å². The molecule has 1 aliphatic rings. The van der Waals surface area contributed by atoms with Crippen LogP contribution >= 0.6 is 11.8 Å². The standard InChI is InChI=1S/C24H31N5O6S/c1-12(2)21(30)33-9-16-18(34-22(31)13(3)4)19(35-23(32)14(5)6)24(10-25,36-16)17-8-7-15-20(26)27-11-28-29(15)17/h7-8,11-14,16,18-19H,9H2,1-6H3,(H2,26,27,28)/t16-,18?,19?,24+/m1/s1. The first-order valence-electron chi connectivity index (χ1n) is 11.7. The highest BCUT2D eigenvalue weighted by atomic mass is 32.2. The quantitative estimate of drug-likeness (QED) is 0.405. The number of nitrogens with zero attached hydrogens (tertiary/aromatic N) is 4. The molecule has 0 bridgehead atoms. The fourth-order valence-electron chi connectivity index (χ4n) is 3.67. The van der Waals surface area contributed by atoms with E-state index in [0.717, 1.165) is 11.8 Å². The van der Waals surface area contributed by atoms with Gasteiger partial charge in [0.2, 0.25) is 0 Å². The predicted octanol–water partition coefficient (Wildman–Crippen LogP) is 2.48. The molecule has 1 fully saturated rings. The van der Waals surface area contributed by atoms with Gasteiger partial charge in [0, 0.05) is 0 Å². The normalized spacial score (nSPS) is 23.7. The zero-order chi connectivity index (χ0) is 26.8. The van der Waals surface area contributed by atoms with E-state index in [1.807, 2.05) is 0 Å². The summed E-state index contributed by atoms with van der Waals surface area (Å²) in [4.78, 5) is 41.7. The second-order valence-corrected chi connectivity index (χ2v) is 11.0. The first-order chi connectivity index (χ1) is 16.9. The van der Waals surface area contributed by atoms with Gasteiger partial charge in [0.25, 0.3) is 0 Å². The highest BCUT2D eigenvalue weighted by Crippen LogP contribution is 2.53. The van der Waals surface area contributed by atoms with E-state index in [9.17, 15) is 19.6 Å². The summed E-state index contributed by atoms with van der Waals surface area (Å²) in [7, 11) is 0. The highest BCUT2D eigenvalue weighted by Gasteiger charge is 2.62. The van der Waals surface area contributed by atoms with Crippen molar-refractivity contribution < 1.29 is 28.6 Å². The lowest BCUT2D eigenvalue weighted by Crippen LogP contribution is -2.46. The Morgan fingerprint density at radius 3 is 2.28 bits per heavy atom. The minimum atomic E-state index is -1.56. The van der Waals surface area contributed by atoms with Crippen LogP contribution in [0.3, 0.4) is 0 Å². The van der Waals surface area contributed by atoms with Crippen LogP contribution in [0.15, 0.2) is 18.5 Å². The number of hydrogen-bond acceptors (Lipinski definition) is 11. The van der Waals surface area contributed by atoms with Crippen molar-refractivity contribution >= 4 is 41.0 Å². The summed E-state index contributed by atoms with van der Waals surface area (Å²) in [6.07, 6.45) is -1.04. The summed E-state index contributed by atoms with van der Waals surface area (Å²) in [5.41, 5.74) is 6.82. The Morgan fingerprint density at radius 2 is 1.69 bits per heavy atom. The van der Waals surface area contributed by atoms with Crippen molar-refractivity contribution in [2.75, 3.05) is 12.3 Å². The molecule has 0 amide bonds. The van der Waals surface area contributed by atoms with Crippen molar-refractivity contribution in [3.63, 3.8) is 0 Å². The van der Waals surface area contributed by atoms with Crippen LogP contribution in [0.25, 0.3) is 5.52 Å². The lowest BCUT2D eigenvalue weighted by atomic mass is 9.93. The highest BCUT2D eigenvalue weighted by molar-refractivity contribution is 8.01. The number of nitrogens with two attached hydrogens (primary N) is 1. The maximum absolute atomic E-state index is 12.8. The van der Waals surface area contributed by atoms with Gasteiger partial charge < -0.3 is 19.9 Å². The number of thioether (sulfide) groups is 1. The second-order valence-electron chi connectivity index (χ2n) is 9.52. The lowest BCUT2D eigenvalue weighted by molar-refractivity contribution is -0.173. The van der Waals surface area contributed by atoms with Gasteiger partial charge in [-0.1, -0.05) is 41.5 Å². The van der Waals surface area contributed by atoms with E-state index in [1.54, 1.807) is 53.7 Å². The third-order valence-corrected chi connectivity index (χ3v) is 7.34. The number of fused-ring (bicyclic) bond motifs is 1. The van der Waals surface area contributed by atoms with E-state index in [2.05, 4.69) is 16.2 Å². The Kier molecular flexibility index (Phi) is 8.13. The molecule has 0 saturated carbocycles. The number of nitrogen functional groups attached to an aromatic ring is 1. The molecule has 194 valence electrons. The molecule has 1 saturated heterocycles. The van der Waals surface area contributed by atoms with Gasteiger partial charge in [-0.3, -0.25) is 14.4 Å². The number of rotatable bonds is 8. The molecule has 4 atom stereocenters. The lowest BCUT2D eigenvalue weighted by Gasteiger charge is -2.30. The van der Waals surface area contributed by atoms with Crippen LogP contribution < -0.4 is 5.73 Å². The molecule has 3 heterocycles. The number of aromatic nitrogens is 3. The van der Waals surface area contributed by atoms with Crippen molar-refractivity contribution in [3.05, 3.63) is 24.2 Å². The number of hydrogen-bond donors (Lipinski definition) is 1. The van der Waals surface area contributed by atoms with E-state index in [0.29, 0.717) is 11.2 Å². The number of ether oxygens (including phenoxy) is 3. The molecule has 1 aliphatic heterocycles. The number of nitriles is 1. The van der Waals surface area contributed by atoms with Crippen LogP contribution in [0.4, 0.5) is 5.82 Å². The molecule has 2 unspecified atom stereocenters. The molecule has 0 aliphatic carbocycles. The average molecular weight is 518 g/mol. The minimum absolute atomic E-state index is 0.155. The zero-order valence-corrected chi connectivity index (χ0v) is 21.9. The van der Waals surface area contributed by atoms with E-state index in [-0.39, 0.29) is 18.3 Å². The molecular formula is C24H31N5O6S. The topological polar surface area (TPSA) is 159 Å². The van der Waals surface area contributed by atoms with Crippen molar-refractivity contribution in [2.45, 2.75) is 63.7 Å². The molecule has 0 aromatic carbocycles. The Morgan fingerprint density at radius 1 is 1.08 bits per heavy atom. The number of esters is 3. The van der Waals surface area contributed by atoms with E-state index < -0.39 is 51.9 Å². The molecule has 0 spiro atoms. The molecule has 0 radical (unpaired) electrons. The first kappa shape index (κ1) is 27.3. The molecule has 2 N–H and O–H groups in total. The Bertz CT molecular complexity index is 1190. The second kappa shape index (κ2) is 10.7. The van der Waals surface area contributed by atoms with Crippen LogP contribution in [-0.2, 0) is 33.3 Å². The van der Waals surface area contributed by atoms with Crippen LogP contribution in [-0.4, -0.2) is 56.6 Å². The van der Waals surface area contributed by atoms with Crippen molar-refractivity contribution in [1.29, 1.82) is 5.26 Å². The molecular weight excluding hydrogens is 486 g/mol. The van der Waals surface area contributed by atoms with Crippen molar-refractivity contribution in [3.8, 4) is 6.07 Å². The summed E-state index contributed by atoms with van der Waals surface area (Å²) in [5, 5.41) is 14.1. The van der Waals surface area contributed by atoms with Crippen LogP contribution in [0.1, 0.15) is 47.2 Å². The fourth-order valence-corrected chi connectivity index (χ4v) is 5.26. The van der Waals surface area contributed by atoms with Gasteiger partial charge in [-0.05, 0) is 12.1 Å². The van der Waals surface area contributed by atoms with Gasteiger partial charge in [0.15, 0.2) is 22.8 Å². The van der Waals surface area contributed by atoms with Crippen molar-refractivity contribution in [2.24, 2.45) is 17.8 Å². The third-order valence-electron chi connectivity index (χ3n) is 5.73. The number of anilines is 1. The third kappa shape index (κ3) is 5.11. The number of carbonyl (C=O) groups is 3. The Hall–Kier alpha value is -3.33. The smallest absolute Gasteiger partial charge is 0.308 e. The van der Waals surface area contributed by atoms with Gasteiger partial charge in [-0.15, -0.1) is 11.8 Å². The van der Waals surface area contributed by atoms with Crippen LogP contribution in [0.2, 0.25) is 0 Å². The van der Waals surface area contributed by atoms with Gasteiger partial charge in [0.05, 0.1) is 34.8 Å². The maximum Gasteiger partial charge on any atom is 0.308 e. The summed E-state index contributed by atoms with van der Waals surface area (Å²) < 4.78 is 17.1. The predicted molar refractivity (Wildman–Crippen MR) is 131 cm³/mol. The molecule has 2 aromatic rings. The fraction of sp³-hybridized carbons (Fsp3) is 0.583. The molecule has 12 heteroatoms. The Balaban J connectivity index is 2.16. The summed E-state index contributed by atoms with van der Waals surface area (Å²) in [5.74, 6) is -2.71.